The Bertz CT molecular complexity index is 1050. The Balaban J connectivity index is 1.66. The highest BCUT2D eigenvalue weighted by molar-refractivity contribution is 5.69. The molecule has 0 aliphatic carbocycles. The first-order chi connectivity index (χ1) is 15.1. The molecule has 0 radical (unpaired) electrons. The van der Waals surface area contributed by atoms with Gasteiger partial charge in [0.05, 0.1) is 12.3 Å². The molecular formula is C21H18F5N3O3. The number of hydrogen-bond donors (Lipinski definition) is 0. The van der Waals surface area contributed by atoms with Crippen molar-refractivity contribution < 1.29 is 36.2 Å². The number of carbonyl (C=O) groups is 1. The van der Waals surface area contributed by atoms with Crippen molar-refractivity contribution in [3.63, 3.8) is 0 Å². The molecule has 0 spiro atoms. The molecule has 0 saturated carbocycles. The minimum atomic E-state index is -5.82. The molecule has 0 unspecified atom stereocenters. The lowest BCUT2D eigenvalue weighted by atomic mass is 10.1. The van der Waals surface area contributed by atoms with Gasteiger partial charge < -0.3 is 9.47 Å². The highest BCUT2D eigenvalue weighted by Crippen LogP contribution is 2.37. The molecule has 3 rings (SSSR count). The van der Waals surface area contributed by atoms with Gasteiger partial charge in [-0.1, -0.05) is 24.3 Å². The van der Waals surface area contributed by atoms with Crippen LogP contribution in [0, 0.1) is 0 Å². The van der Waals surface area contributed by atoms with E-state index in [1.54, 1.807) is 19.1 Å². The van der Waals surface area contributed by atoms with Crippen LogP contribution in [0.4, 0.5) is 22.0 Å². The van der Waals surface area contributed by atoms with E-state index in [9.17, 15) is 26.7 Å². The second kappa shape index (κ2) is 9.33. The van der Waals surface area contributed by atoms with Gasteiger partial charge in [-0.15, -0.1) is 5.10 Å². The number of esters is 1. The molecule has 0 amide bonds. The Morgan fingerprint density at radius 1 is 1.00 bits per heavy atom. The molecule has 32 heavy (non-hydrogen) atoms. The fourth-order valence-corrected chi connectivity index (χ4v) is 2.69. The van der Waals surface area contributed by atoms with E-state index < -0.39 is 18.0 Å². The molecule has 1 aromatic heterocycles. The molecular weight excluding hydrogens is 437 g/mol. The van der Waals surface area contributed by atoms with Crippen molar-refractivity contribution in [2.24, 2.45) is 0 Å². The fourth-order valence-electron chi connectivity index (χ4n) is 2.69. The molecule has 0 atom stereocenters. The SMILES string of the molecule is CCOC(=O)CCc1ccc(-c2ncn(-c3ccc(OC(F)(F)C(F)(F)F)cc3)n2)cc1. The molecule has 11 heteroatoms. The van der Waals surface area contributed by atoms with Gasteiger partial charge in [-0.05, 0) is 43.2 Å². The summed E-state index contributed by atoms with van der Waals surface area (Å²) < 4.78 is 72.7. The van der Waals surface area contributed by atoms with Crippen LogP contribution in [0.15, 0.2) is 54.9 Å². The van der Waals surface area contributed by atoms with Crippen molar-refractivity contribution >= 4 is 5.97 Å². The third-order valence-corrected chi connectivity index (χ3v) is 4.30. The number of nitrogens with zero attached hydrogens (tertiary/aromatic N) is 3. The highest BCUT2D eigenvalue weighted by Gasteiger charge is 2.61. The lowest BCUT2D eigenvalue weighted by Gasteiger charge is -2.20. The summed E-state index contributed by atoms with van der Waals surface area (Å²) in [6.45, 7) is 2.08. The summed E-state index contributed by atoms with van der Waals surface area (Å²) in [5, 5.41) is 4.28. The molecule has 2 aromatic carbocycles. The zero-order valence-electron chi connectivity index (χ0n) is 16.8. The van der Waals surface area contributed by atoms with Gasteiger partial charge in [0, 0.05) is 12.0 Å². The smallest absolute Gasteiger partial charge is 0.466 e. The van der Waals surface area contributed by atoms with Gasteiger partial charge in [0.2, 0.25) is 0 Å². The van der Waals surface area contributed by atoms with Crippen molar-refractivity contribution in [2.75, 3.05) is 6.61 Å². The highest BCUT2D eigenvalue weighted by atomic mass is 19.4. The molecule has 6 nitrogen and oxygen atoms in total. The zero-order chi connectivity index (χ0) is 23.4. The molecule has 0 aliphatic rings. The van der Waals surface area contributed by atoms with Crippen LogP contribution in [-0.4, -0.2) is 39.6 Å². The number of alkyl halides is 5. The predicted octanol–water partition coefficient (Wildman–Crippen LogP) is 4.96. The number of aryl methyl sites for hydroxylation is 1. The van der Waals surface area contributed by atoms with Gasteiger partial charge in [-0.2, -0.15) is 22.0 Å². The monoisotopic (exact) mass is 455 g/mol. The van der Waals surface area contributed by atoms with Crippen LogP contribution in [0.25, 0.3) is 17.1 Å². The average molecular weight is 455 g/mol. The molecule has 0 fully saturated rings. The van der Waals surface area contributed by atoms with E-state index in [1.165, 1.54) is 23.1 Å². The van der Waals surface area contributed by atoms with E-state index in [1.807, 2.05) is 12.1 Å². The minimum absolute atomic E-state index is 0.268. The molecule has 170 valence electrons. The lowest BCUT2D eigenvalue weighted by molar-refractivity contribution is -0.360. The maximum atomic E-state index is 13.0. The first-order valence-corrected chi connectivity index (χ1v) is 9.49. The van der Waals surface area contributed by atoms with Gasteiger partial charge >= 0.3 is 18.3 Å². The largest absolute Gasteiger partial charge is 0.499 e. The van der Waals surface area contributed by atoms with E-state index in [2.05, 4.69) is 14.8 Å². The summed E-state index contributed by atoms with van der Waals surface area (Å²) in [7, 11) is 0. The van der Waals surface area contributed by atoms with Crippen LogP contribution < -0.4 is 4.74 Å². The predicted molar refractivity (Wildman–Crippen MR) is 103 cm³/mol. The number of rotatable bonds is 8. The van der Waals surface area contributed by atoms with Crippen LogP contribution in [0.1, 0.15) is 18.9 Å². The number of carbonyl (C=O) groups excluding carboxylic acids is 1. The Hall–Kier alpha value is -3.50. The first-order valence-electron chi connectivity index (χ1n) is 9.49. The summed E-state index contributed by atoms with van der Waals surface area (Å²) in [5.74, 6) is -0.531. The van der Waals surface area contributed by atoms with Gasteiger partial charge in [0.15, 0.2) is 5.82 Å². The van der Waals surface area contributed by atoms with Crippen molar-refractivity contribution in [2.45, 2.75) is 32.1 Å². The Morgan fingerprint density at radius 3 is 2.25 bits per heavy atom. The van der Waals surface area contributed by atoms with E-state index >= 15 is 0 Å². The van der Waals surface area contributed by atoms with Gasteiger partial charge in [-0.3, -0.25) is 4.79 Å². The Morgan fingerprint density at radius 2 is 1.66 bits per heavy atom. The maximum Gasteiger partial charge on any atom is 0.499 e. The van der Waals surface area contributed by atoms with Crippen molar-refractivity contribution in [1.29, 1.82) is 0 Å². The molecule has 0 N–H and O–H groups in total. The van der Waals surface area contributed by atoms with Crippen LogP contribution >= 0.6 is 0 Å². The summed E-state index contributed by atoms with van der Waals surface area (Å²) >= 11 is 0. The molecule has 0 saturated heterocycles. The van der Waals surface area contributed by atoms with Gasteiger partial charge in [-0.25, -0.2) is 9.67 Å². The van der Waals surface area contributed by atoms with Crippen LogP contribution in [0.2, 0.25) is 0 Å². The Kier molecular flexibility index (Phi) is 6.75. The molecule has 1 heterocycles. The van der Waals surface area contributed by atoms with Gasteiger partial charge in [0.1, 0.15) is 12.1 Å². The number of aromatic nitrogens is 3. The van der Waals surface area contributed by atoms with Crippen LogP contribution in [0.5, 0.6) is 5.75 Å². The second-order valence-corrected chi connectivity index (χ2v) is 6.63. The minimum Gasteiger partial charge on any atom is -0.466 e. The lowest BCUT2D eigenvalue weighted by Crippen LogP contribution is -2.41. The molecule has 0 aliphatic heterocycles. The topological polar surface area (TPSA) is 66.2 Å². The van der Waals surface area contributed by atoms with E-state index in [4.69, 9.17) is 4.74 Å². The molecule has 0 bridgehead atoms. The zero-order valence-corrected chi connectivity index (χ0v) is 16.8. The second-order valence-electron chi connectivity index (χ2n) is 6.63. The Labute approximate surface area is 179 Å². The van der Waals surface area contributed by atoms with Crippen LogP contribution in [-0.2, 0) is 16.0 Å². The van der Waals surface area contributed by atoms with Crippen LogP contribution in [0.3, 0.4) is 0 Å². The summed E-state index contributed by atoms with van der Waals surface area (Å²) in [5.41, 5.74) is 2.03. The van der Waals surface area contributed by atoms with Crippen molar-refractivity contribution in [3.05, 3.63) is 60.4 Å². The third kappa shape index (κ3) is 5.59. The molecule has 3 aromatic rings. The van der Waals surface area contributed by atoms with Crippen molar-refractivity contribution in [3.8, 4) is 22.8 Å². The summed E-state index contributed by atoms with van der Waals surface area (Å²) in [6.07, 6.45) is -8.93. The average Bonchev–Trinajstić information content (AvgIpc) is 3.22. The summed E-state index contributed by atoms with van der Waals surface area (Å²) in [4.78, 5) is 15.6. The van der Waals surface area contributed by atoms with E-state index in [0.717, 1.165) is 17.7 Å². The standard InChI is InChI=1S/C21H18F5N3O3/c1-2-31-18(30)12-5-14-3-6-15(7-4-14)19-27-13-29(28-19)16-8-10-17(11-9-16)32-21(25,26)20(22,23)24/h3-4,6-11,13H,2,5,12H2,1H3. The van der Waals surface area contributed by atoms with Gasteiger partial charge in [0.25, 0.3) is 0 Å². The number of hydrogen-bond acceptors (Lipinski definition) is 5. The maximum absolute atomic E-state index is 13.0. The number of benzene rings is 2. The number of ether oxygens (including phenoxy) is 2. The third-order valence-electron chi connectivity index (χ3n) is 4.30. The number of halogens is 5. The van der Waals surface area contributed by atoms with E-state index in [0.29, 0.717) is 30.1 Å². The quantitative estimate of drug-likeness (QED) is 0.355. The normalized spacial score (nSPS) is 11.9. The fraction of sp³-hybridized carbons (Fsp3) is 0.286. The summed E-state index contributed by atoms with van der Waals surface area (Å²) in [6, 6.07) is 11.8. The van der Waals surface area contributed by atoms with Crippen molar-refractivity contribution in [1.82, 2.24) is 14.8 Å². The first kappa shape index (κ1) is 23.2. The van der Waals surface area contributed by atoms with E-state index in [-0.39, 0.29) is 12.4 Å².